The maximum atomic E-state index is 12.2. The fraction of sp³-hybridized carbons (Fsp3) is 0.133. The SMILES string of the molecule is Cc1nc2c(NC(=O)c3ccc(OC(F)(F)F)cc3)cccn2n1. The number of nitrogens with zero attached hydrogens (tertiary/aromatic N) is 3. The lowest BCUT2D eigenvalue weighted by Gasteiger charge is -2.09. The van der Waals surface area contributed by atoms with Crippen molar-refractivity contribution in [2.45, 2.75) is 13.3 Å². The molecule has 0 aliphatic carbocycles. The highest BCUT2D eigenvalue weighted by Gasteiger charge is 2.31. The number of amides is 1. The lowest BCUT2D eigenvalue weighted by atomic mass is 10.2. The van der Waals surface area contributed by atoms with Gasteiger partial charge in [-0.2, -0.15) is 5.10 Å². The molecule has 0 aliphatic rings. The van der Waals surface area contributed by atoms with Crippen molar-refractivity contribution in [2.24, 2.45) is 0 Å². The van der Waals surface area contributed by atoms with E-state index in [0.29, 0.717) is 17.2 Å². The molecule has 2 heterocycles. The standard InChI is InChI=1S/C15H11F3N4O2/c1-9-19-13-12(3-2-8-22(13)21-9)20-14(23)10-4-6-11(7-5-10)24-15(16,17)18/h2-8H,1H3,(H,20,23). The zero-order valence-electron chi connectivity index (χ0n) is 12.3. The second kappa shape index (κ2) is 5.84. The van der Waals surface area contributed by atoms with Crippen LogP contribution in [0.2, 0.25) is 0 Å². The Morgan fingerprint density at radius 1 is 1.21 bits per heavy atom. The summed E-state index contributed by atoms with van der Waals surface area (Å²) in [7, 11) is 0. The predicted octanol–water partition coefficient (Wildman–Crippen LogP) is 3.19. The number of hydrogen-bond donors (Lipinski definition) is 1. The van der Waals surface area contributed by atoms with E-state index in [1.54, 1.807) is 25.3 Å². The van der Waals surface area contributed by atoms with Crippen molar-refractivity contribution < 1.29 is 22.7 Å². The van der Waals surface area contributed by atoms with Gasteiger partial charge in [-0.15, -0.1) is 13.2 Å². The van der Waals surface area contributed by atoms with E-state index >= 15 is 0 Å². The predicted molar refractivity (Wildman–Crippen MR) is 78.8 cm³/mol. The molecular formula is C15H11F3N4O2. The average Bonchev–Trinajstić information content (AvgIpc) is 2.87. The number of pyridine rings is 1. The van der Waals surface area contributed by atoms with Gasteiger partial charge in [0.05, 0.1) is 5.69 Å². The number of rotatable bonds is 3. The fourth-order valence-electron chi connectivity index (χ4n) is 2.11. The molecule has 0 atom stereocenters. The van der Waals surface area contributed by atoms with E-state index in [1.165, 1.54) is 16.6 Å². The molecule has 9 heteroatoms. The van der Waals surface area contributed by atoms with Gasteiger partial charge < -0.3 is 10.1 Å². The molecule has 0 unspecified atom stereocenters. The maximum Gasteiger partial charge on any atom is 0.573 e. The molecular weight excluding hydrogens is 325 g/mol. The summed E-state index contributed by atoms with van der Waals surface area (Å²) in [5, 5.41) is 6.79. The van der Waals surface area contributed by atoms with Crippen LogP contribution in [-0.4, -0.2) is 26.9 Å². The Morgan fingerprint density at radius 2 is 1.92 bits per heavy atom. The first-order chi connectivity index (χ1) is 11.3. The number of anilines is 1. The highest BCUT2D eigenvalue weighted by molar-refractivity contribution is 6.06. The smallest absolute Gasteiger partial charge is 0.406 e. The average molecular weight is 336 g/mol. The molecule has 0 saturated heterocycles. The summed E-state index contributed by atoms with van der Waals surface area (Å²) >= 11 is 0. The molecule has 1 amide bonds. The minimum absolute atomic E-state index is 0.183. The largest absolute Gasteiger partial charge is 0.573 e. The first-order valence-electron chi connectivity index (χ1n) is 6.81. The van der Waals surface area contributed by atoms with Gasteiger partial charge in [0.15, 0.2) is 5.65 Å². The Labute approximate surface area is 133 Å². The number of nitrogens with one attached hydrogen (secondary N) is 1. The van der Waals surface area contributed by atoms with Crippen molar-refractivity contribution in [3.63, 3.8) is 0 Å². The van der Waals surface area contributed by atoms with Crippen molar-refractivity contribution in [1.82, 2.24) is 14.6 Å². The van der Waals surface area contributed by atoms with E-state index in [4.69, 9.17) is 0 Å². The Balaban J connectivity index is 1.79. The van der Waals surface area contributed by atoms with Crippen LogP contribution in [-0.2, 0) is 0 Å². The third-order valence-corrected chi connectivity index (χ3v) is 3.07. The topological polar surface area (TPSA) is 68.5 Å². The van der Waals surface area contributed by atoms with Crippen molar-refractivity contribution in [3.05, 3.63) is 54.0 Å². The van der Waals surface area contributed by atoms with Gasteiger partial charge in [0.25, 0.3) is 5.91 Å². The molecule has 3 rings (SSSR count). The van der Waals surface area contributed by atoms with Crippen LogP contribution in [0.25, 0.3) is 5.65 Å². The molecule has 0 spiro atoms. The number of ether oxygens (including phenoxy) is 1. The zero-order valence-corrected chi connectivity index (χ0v) is 12.3. The number of aryl methyl sites for hydroxylation is 1. The van der Waals surface area contributed by atoms with Gasteiger partial charge in [-0.25, -0.2) is 9.50 Å². The fourth-order valence-corrected chi connectivity index (χ4v) is 2.11. The summed E-state index contributed by atoms with van der Waals surface area (Å²) < 4.78 is 41.6. The van der Waals surface area contributed by atoms with Crippen LogP contribution in [0.15, 0.2) is 42.6 Å². The minimum Gasteiger partial charge on any atom is -0.406 e. The van der Waals surface area contributed by atoms with Gasteiger partial charge in [-0.1, -0.05) is 0 Å². The van der Waals surface area contributed by atoms with Crippen molar-refractivity contribution in [2.75, 3.05) is 5.32 Å². The van der Waals surface area contributed by atoms with E-state index in [1.807, 2.05) is 0 Å². The van der Waals surface area contributed by atoms with Crippen molar-refractivity contribution in [1.29, 1.82) is 0 Å². The van der Waals surface area contributed by atoms with E-state index in [9.17, 15) is 18.0 Å². The number of aromatic nitrogens is 3. The quantitative estimate of drug-likeness (QED) is 0.797. The number of fused-ring (bicyclic) bond motifs is 1. The van der Waals surface area contributed by atoms with Gasteiger partial charge in [-0.3, -0.25) is 4.79 Å². The summed E-state index contributed by atoms with van der Waals surface area (Å²) in [6.07, 6.45) is -3.08. The van der Waals surface area contributed by atoms with Gasteiger partial charge in [0.2, 0.25) is 0 Å². The molecule has 0 fully saturated rings. The van der Waals surface area contributed by atoms with Gasteiger partial charge in [-0.05, 0) is 43.3 Å². The van der Waals surface area contributed by atoms with Gasteiger partial charge in [0, 0.05) is 11.8 Å². The summed E-state index contributed by atoms with van der Waals surface area (Å²) in [4.78, 5) is 16.4. The molecule has 0 radical (unpaired) electrons. The van der Waals surface area contributed by atoms with E-state index in [0.717, 1.165) is 12.1 Å². The molecule has 0 saturated carbocycles. The number of carbonyl (C=O) groups is 1. The third kappa shape index (κ3) is 3.45. The molecule has 1 N–H and O–H groups in total. The van der Waals surface area contributed by atoms with E-state index < -0.39 is 18.0 Å². The normalized spacial score (nSPS) is 11.5. The minimum atomic E-state index is -4.77. The molecule has 3 aromatic rings. The van der Waals surface area contributed by atoms with Crippen LogP contribution in [0.5, 0.6) is 5.75 Å². The molecule has 2 aromatic heterocycles. The van der Waals surface area contributed by atoms with Crippen molar-refractivity contribution in [3.8, 4) is 5.75 Å². The Morgan fingerprint density at radius 3 is 2.58 bits per heavy atom. The molecule has 124 valence electrons. The number of halogens is 3. The summed E-state index contributed by atoms with van der Waals surface area (Å²) in [5.41, 5.74) is 1.10. The number of carbonyl (C=O) groups excluding carboxylic acids is 1. The third-order valence-electron chi connectivity index (χ3n) is 3.07. The van der Waals surface area contributed by atoms with E-state index in [2.05, 4.69) is 20.1 Å². The second-order valence-electron chi connectivity index (χ2n) is 4.88. The maximum absolute atomic E-state index is 12.2. The first kappa shape index (κ1) is 15.8. The lowest BCUT2D eigenvalue weighted by Crippen LogP contribution is -2.17. The zero-order chi connectivity index (χ0) is 17.3. The molecule has 6 nitrogen and oxygen atoms in total. The molecule has 0 bridgehead atoms. The second-order valence-corrected chi connectivity index (χ2v) is 4.88. The number of alkyl halides is 3. The highest BCUT2D eigenvalue weighted by atomic mass is 19.4. The summed E-state index contributed by atoms with van der Waals surface area (Å²) in [6, 6.07) is 7.98. The first-order valence-corrected chi connectivity index (χ1v) is 6.81. The van der Waals surface area contributed by atoms with Crippen LogP contribution in [0.3, 0.4) is 0 Å². The lowest BCUT2D eigenvalue weighted by molar-refractivity contribution is -0.274. The van der Waals surface area contributed by atoms with Crippen LogP contribution < -0.4 is 10.1 Å². The van der Waals surface area contributed by atoms with Gasteiger partial charge >= 0.3 is 6.36 Å². The van der Waals surface area contributed by atoms with E-state index in [-0.39, 0.29) is 5.56 Å². The van der Waals surface area contributed by atoms with Crippen LogP contribution in [0.4, 0.5) is 18.9 Å². The number of benzene rings is 1. The number of hydrogen-bond acceptors (Lipinski definition) is 4. The molecule has 24 heavy (non-hydrogen) atoms. The van der Waals surface area contributed by atoms with Crippen LogP contribution in [0.1, 0.15) is 16.2 Å². The summed E-state index contributed by atoms with van der Waals surface area (Å²) in [6.45, 7) is 1.72. The summed E-state index contributed by atoms with van der Waals surface area (Å²) in [5.74, 6) is -0.332. The van der Waals surface area contributed by atoms with Crippen molar-refractivity contribution >= 4 is 17.2 Å². The van der Waals surface area contributed by atoms with Gasteiger partial charge in [0.1, 0.15) is 11.6 Å². The van der Waals surface area contributed by atoms with Crippen LogP contribution in [0, 0.1) is 6.92 Å². The highest BCUT2D eigenvalue weighted by Crippen LogP contribution is 2.23. The Kier molecular flexibility index (Phi) is 3.84. The Bertz CT molecular complexity index is 888. The molecule has 0 aliphatic heterocycles. The molecule has 1 aromatic carbocycles. The van der Waals surface area contributed by atoms with Crippen LogP contribution >= 0.6 is 0 Å². The Hall–Kier alpha value is -3.10. The monoisotopic (exact) mass is 336 g/mol.